The number of rotatable bonds is 6. The number of ether oxygens (including phenoxy) is 2. The van der Waals surface area contributed by atoms with E-state index in [1.165, 1.54) is 13.2 Å². The smallest absolute Gasteiger partial charge is 0.200 e. The number of phenols is 2. The fourth-order valence-electron chi connectivity index (χ4n) is 2.25. The number of hydrogen-bond donors (Lipinski definition) is 2. The molecule has 0 aliphatic rings. The molecule has 0 saturated carbocycles. The van der Waals surface area contributed by atoms with Crippen molar-refractivity contribution in [1.29, 1.82) is 0 Å². The Morgan fingerprint density at radius 1 is 1.07 bits per heavy atom. The summed E-state index contributed by atoms with van der Waals surface area (Å²) in [5, 5.41) is 19.5. The van der Waals surface area contributed by atoms with E-state index in [4.69, 9.17) is 9.47 Å². The van der Waals surface area contributed by atoms with Crippen LogP contribution in [0, 0.1) is 0 Å². The Labute approximate surface area is 178 Å². The highest BCUT2D eigenvalue weighted by molar-refractivity contribution is 7.98. The minimum atomic E-state index is -0.271. The van der Waals surface area contributed by atoms with Gasteiger partial charge in [0.2, 0.25) is 5.75 Å². The van der Waals surface area contributed by atoms with Crippen molar-refractivity contribution < 1.29 is 24.1 Å². The maximum absolute atomic E-state index is 9.77. The van der Waals surface area contributed by atoms with Crippen molar-refractivity contribution in [1.82, 2.24) is 0 Å². The standard InChI is InChI=1S/C20H24O4S.C2H6.CH3F/c1-6-14-11-15(7-8-17(14)24-20(2,3)4)25-12-13-9-16(21)19(22)18(10-13)23-5;2*1-2/h6-11,21-22H,1,12H2,2-5H3;1-2H3;1H3. The van der Waals surface area contributed by atoms with Crippen molar-refractivity contribution in [3.63, 3.8) is 0 Å². The van der Waals surface area contributed by atoms with Crippen molar-refractivity contribution in [2.75, 3.05) is 14.3 Å². The Morgan fingerprint density at radius 2 is 1.69 bits per heavy atom. The molecule has 0 aromatic heterocycles. The van der Waals surface area contributed by atoms with Gasteiger partial charge in [-0.25, -0.2) is 0 Å². The van der Waals surface area contributed by atoms with E-state index >= 15 is 0 Å². The zero-order valence-corrected chi connectivity index (χ0v) is 19.2. The van der Waals surface area contributed by atoms with Gasteiger partial charge >= 0.3 is 0 Å². The molecule has 2 rings (SSSR count). The topological polar surface area (TPSA) is 58.9 Å². The first-order valence-corrected chi connectivity index (χ1v) is 10.3. The normalized spacial score (nSPS) is 10.1. The van der Waals surface area contributed by atoms with Gasteiger partial charge in [-0.1, -0.05) is 26.5 Å². The number of halogens is 1. The molecule has 0 aliphatic carbocycles. The second-order valence-electron chi connectivity index (χ2n) is 6.57. The summed E-state index contributed by atoms with van der Waals surface area (Å²) in [5.74, 6) is 1.26. The van der Waals surface area contributed by atoms with Crippen LogP contribution < -0.4 is 9.47 Å². The van der Waals surface area contributed by atoms with Gasteiger partial charge in [-0.15, -0.1) is 11.8 Å². The van der Waals surface area contributed by atoms with Crippen molar-refractivity contribution in [2.45, 2.75) is 50.9 Å². The third-order valence-electron chi connectivity index (χ3n) is 3.36. The number of aromatic hydroxyl groups is 2. The SMILES string of the molecule is C=Cc1cc(SCc2cc(O)c(O)c(OC)c2)ccc1OC(C)(C)C.CC.CF. The zero-order chi connectivity index (χ0) is 22.6. The molecular formula is C23H33FO4S. The quantitative estimate of drug-likeness (QED) is 0.393. The molecule has 2 N–H and O–H groups in total. The molecule has 0 atom stereocenters. The van der Waals surface area contributed by atoms with Gasteiger partial charge in [-0.2, -0.15) is 0 Å². The summed E-state index contributed by atoms with van der Waals surface area (Å²) in [6, 6.07) is 9.22. The lowest BCUT2D eigenvalue weighted by atomic mass is 10.1. The minimum Gasteiger partial charge on any atom is -0.504 e. The Kier molecular flexibility index (Phi) is 11.9. The molecule has 162 valence electrons. The number of thioether (sulfide) groups is 1. The van der Waals surface area contributed by atoms with Crippen LogP contribution in [0.15, 0.2) is 41.8 Å². The van der Waals surface area contributed by atoms with Crippen LogP contribution in [0.1, 0.15) is 45.7 Å². The minimum absolute atomic E-state index is 0.185. The molecule has 0 spiro atoms. The predicted molar refractivity (Wildman–Crippen MR) is 121 cm³/mol. The van der Waals surface area contributed by atoms with E-state index in [9.17, 15) is 14.6 Å². The Balaban J connectivity index is 0.00000184. The molecule has 0 bridgehead atoms. The largest absolute Gasteiger partial charge is 0.504 e. The van der Waals surface area contributed by atoms with Crippen molar-refractivity contribution in [3.05, 3.63) is 48.0 Å². The summed E-state index contributed by atoms with van der Waals surface area (Å²) in [6.45, 7) is 13.9. The Morgan fingerprint density at radius 3 is 2.21 bits per heavy atom. The molecule has 2 aromatic rings. The number of methoxy groups -OCH3 is 1. The van der Waals surface area contributed by atoms with Gasteiger partial charge in [0.1, 0.15) is 11.4 Å². The maximum atomic E-state index is 9.77. The van der Waals surface area contributed by atoms with E-state index in [1.807, 2.05) is 52.8 Å². The molecule has 6 heteroatoms. The fraction of sp³-hybridized carbons (Fsp3) is 0.391. The van der Waals surface area contributed by atoms with Crippen molar-refractivity contribution in [3.8, 4) is 23.0 Å². The predicted octanol–water partition coefficient (Wildman–Crippen LogP) is 6.83. The van der Waals surface area contributed by atoms with E-state index in [2.05, 4.69) is 6.58 Å². The van der Waals surface area contributed by atoms with Crippen molar-refractivity contribution in [2.24, 2.45) is 0 Å². The van der Waals surface area contributed by atoms with Gasteiger partial charge < -0.3 is 19.7 Å². The van der Waals surface area contributed by atoms with Gasteiger partial charge in [-0.3, -0.25) is 4.39 Å². The highest BCUT2D eigenvalue weighted by Gasteiger charge is 2.14. The van der Waals surface area contributed by atoms with Gasteiger partial charge in [0.05, 0.1) is 14.3 Å². The van der Waals surface area contributed by atoms with Gasteiger partial charge in [0.25, 0.3) is 0 Å². The highest BCUT2D eigenvalue weighted by Crippen LogP contribution is 2.38. The maximum Gasteiger partial charge on any atom is 0.200 e. The summed E-state index contributed by atoms with van der Waals surface area (Å²) in [4.78, 5) is 1.06. The molecule has 0 amide bonds. The van der Waals surface area contributed by atoms with Crippen LogP contribution in [0.25, 0.3) is 6.08 Å². The lowest BCUT2D eigenvalue weighted by Gasteiger charge is -2.23. The average molecular weight is 425 g/mol. The second kappa shape index (κ2) is 13.0. The Hall–Kier alpha value is -2.34. The lowest BCUT2D eigenvalue weighted by Crippen LogP contribution is -2.23. The van der Waals surface area contributed by atoms with Crippen LogP contribution in [0.5, 0.6) is 23.0 Å². The van der Waals surface area contributed by atoms with E-state index in [1.54, 1.807) is 23.9 Å². The Bertz CT molecular complexity index is 770. The first-order chi connectivity index (χ1) is 13.7. The first-order valence-electron chi connectivity index (χ1n) is 9.28. The number of benzene rings is 2. The van der Waals surface area contributed by atoms with Crippen LogP contribution in [0.4, 0.5) is 4.39 Å². The van der Waals surface area contributed by atoms with Crippen LogP contribution in [-0.2, 0) is 5.75 Å². The van der Waals surface area contributed by atoms with Crippen LogP contribution in [0.3, 0.4) is 0 Å². The summed E-state index contributed by atoms with van der Waals surface area (Å²) in [5.41, 5.74) is 1.52. The van der Waals surface area contributed by atoms with E-state index < -0.39 is 0 Å². The van der Waals surface area contributed by atoms with Gasteiger partial charge in [0.15, 0.2) is 11.5 Å². The summed E-state index contributed by atoms with van der Waals surface area (Å²) < 4.78 is 20.5. The third kappa shape index (κ3) is 8.69. The summed E-state index contributed by atoms with van der Waals surface area (Å²) in [6.07, 6.45) is 1.78. The molecule has 0 heterocycles. The molecule has 0 fully saturated rings. The molecule has 2 aromatic carbocycles. The van der Waals surface area contributed by atoms with E-state index in [0.29, 0.717) is 12.9 Å². The fourth-order valence-corrected chi connectivity index (χ4v) is 3.13. The lowest BCUT2D eigenvalue weighted by molar-refractivity contribution is 0.130. The molecule has 0 radical (unpaired) electrons. The zero-order valence-electron chi connectivity index (χ0n) is 18.4. The van der Waals surface area contributed by atoms with Crippen LogP contribution >= 0.6 is 11.8 Å². The summed E-state index contributed by atoms with van der Waals surface area (Å²) >= 11 is 1.61. The number of phenolic OH excluding ortho intramolecular Hbond substituents is 2. The van der Waals surface area contributed by atoms with E-state index in [0.717, 1.165) is 21.8 Å². The molecular weight excluding hydrogens is 391 g/mol. The van der Waals surface area contributed by atoms with E-state index in [-0.39, 0.29) is 22.8 Å². The number of hydrogen-bond acceptors (Lipinski definition) is 5. The van der Waals surface area contributed by atoms with Gasteiger partial charge in [-0.05, 0) is 56.7 Å². The molecule has 29 heavy (non-hydrogen) atoms. The number of alkyl halides is 1. The molecule has 0 aliphatic heterocycles. The average Bonchev–Trinajstić information content (AvgIpc) is 2.71. The van der Waals surface area contributed by atoms with Crippen molar-refractivity contribution >= 4 is 17.8 Å². The van der Waals surface area contributed by atoms with Crippen LogP contribution in [0.2, 0.25) is 0 Å². The monoisotopic (exact) mass is 424 g/mol. The second-order valence-corrected chi connectivity index (χ2v) is 7.62. The third-order valence-corrected chi connectivity index (χ3v) is 4.42. The molecule has 0 unspecified atom stereocenters. The highest BCUT2D eigenvalue weighted by atomic mass is 32.2. The molecule has 0 saturated heterocycles. The molecule has 4 nitrogen and oxygen atoms in total. The first kappa shape index (κ1) is 26.7. The van der Waals surface area contributed by atoms with Gasteiger partial charge in [0, 0.05) is 16.2 Å². The van der Waals surface area contributed by atoms with Crippen LogP contribution in [-0.4, -0.2) is 30.1 Å². The summed E-state index contributed by atoms with van der Waals surface area (Å²) in [7, 11) is 1.95.